The minimum absolute atomic E-state index is 0.652. The lowest BCUT2D eigenvalue weighted by atomic mass is 10.0. The normalized spacial score (nSPS) is 11.5. The number of hydrogen-bond donors (Lipinski definition) is 2. The second-order valence-corrected chi connectivity index (χ2v) is 6.37. The molecule has 0 fully saturated rings. The fraction of sp³-hybridized carbons (Fsp3) is 0.158. The largest absolute Gasteiger partial charge is 0.324 e. The van der Waals surface area contributed by atoms with E-state index >= 15 is 0 Å². The molecule has 0 aliphatic heterocycles. The van der Waals surface area contributed by atoms with Gasteiger partial charge >= 0.3 is 0 Å². The molecule has 4 nitrogen and oxygen atoms in total. The number of aromatic amines is 1. The summed E-state index contributed by atoms with van der Waals surface area (Å²) >= 11 is 1.62. The summed E-state index contributed by atoms with van der Waals surface area (Å²) < 4.78 is 0. The molecule has 3 aromatic rings. The quantitative estimate of drug-likeness (QED) is 0.475. The van der Waals surface area contributed by atoms with Crippen LogP contribution in [-0.4, -0.2) is 20.9 Å². The van der Waals surface area contributed by atoms with Gasteiger partial charge in [0, 0.05) is 17.0 Å². The molecule has 0 spiro atoms. The number of nitrogens with one attached hydrogen (secondary N) is 2. The molecule has 122 valence electrons. The van der Waals surface area contributed by atoms with Crippen molar-refractivity contribution in [2.45, 2.75) is 19.0 Å². The molecule has 0 atom stereocenters. The summed E-state index contributed by atoms with van der Waals surface area (Å²) in [6.45, 7) is 4.15. The Labute approximate surface area is 146 Å². The number of anilines is 2. The lowest BCUT2D eigenvalue weighted by molar-refractivity contribution is 0.974. The van der Waals surface area contributed by atoms with Gasteiger partial charge in [-0.3, -0.25) is 0 Å². The van der Waals surface area contributed by atoms with Crippen LogP contribution in [0.15, 0.2) is 71.4 Å². The zero-order chi connectivity index (χ0) is 16.8. The molecule has 1 heterocycles. The predicted molar refractivity (Wildman–Crippen MR) is 102 cm³/mol. The van der Waals surface area contributed by atoms with Crippen LogP contribution in [0.2, 0.25) is 0 Å². The Morgan fingerprint density at radius 2 is 1.88 bits per heavy atom. The van der Waals surface area contributed by atoms with Crippen molar-refractivity contribution in [3.63, 3.8) is 0 Å². The molecule has 1 aromatic heterocycles. The van der Waals surface area contributed by atoms with E-state index in [1.807, 2.05) is 43.3 Å². The highest BCUT2D eigenvalue weighted by molar-refractivity contribution is 7.99. The van der Waals surface area contributed by atoms with Gasteiger partial charge in [-0.25, -0.2) is 5.10 Å². The summed E-state index contributed by atoms with van der Waals surface area (Å²) in [7, 11) is 0. The summed E-state index contributed by atoms with van der Waals surface area (Å²) in [5.41, 5.74) is 4.61. The number of allylic oxidation sites excluding steroid dienone is 1. The minimum Gasteiger partial charge on any atom is -0.324 e. The number of aromatic nitrogens is 3. The van der Waals surface area contributed by atoms with Gasteiger partial charge in [0.2, 0.25) is 11.1 Å². The lowest BCUT2D eigenvalue weighted by Gasteiger charge is -2.09. The number of nitrogens with zero attached hydrogens (tertiary/aromatic N) is 2. The first-order valence-electron chi connectivity index (χ1n) is 7.84. The first kappa shape index (κ1) is 16.3. The molecule has 0 aliphatic carbocycles. The van der Waals surface area contributed by atoms with Crippen molar-refractivity contribution in [2.75, 3.05) is 11.1 Å². The van der Waals surface area contributed by atoms with Gasteiger partial charge in [0.1, 0.15) is 0 Å². The van der Waals surface area contributed by atoms with Crippen molar-refractivity contribution >= 4 is 23.4 Å². The van der Waals surface area contributed by atoms with E-state index in [9.17, 15) is 0 Å². The van der Waals surface area contributed by atoms with E-state index < -0.39 is 0 Å². The second kappa shape index (κ2) is 7.84. The van der Waals surface area contributed by atoms with Crippen molar-refractivity contribution in [2.24, 2.45) is 0 Å². The van der Waals surface area contributed by atoms with E-state index in [1.54, 1.807) is 11.8 Å². The monoisotopic (exact) mass is 336 g/mol. The molecule has 3 rings (SSSR count). The third-order valence-corrected chi connectivity index (χ3v) is 4.69. The first-order chi connectivity index (χ1) is 11.8. The lowest BCUT2D eigenvalue weighted by Crippen LogP contribution is -1.95. The van der Waals surface area contributed by atoms with Crippen molar-refractivity contribution in [3.05, 3.63) is 66.2 Å². The van der Waals surface area contributed by atoms with Crippen LogP contribution < -0.4 is 5.32 Å². The molecule has 0 saturated carbocycles. The third-order valence-electron chi connectivity index (χ3n) is 3.65. The zero-order valence-electron chi connectivity index (χ0n) is 13.8. The van der Waals surface area contributed by atoms with Crippen LogP contribution in [0.4, 0.5) is 11.6 Å². The van der Waals surface area contributed by atoms with Crippen LogP contribution >= 0.6 is 11.8 Å². The molecule has 0 aliphatic rings. The second-order valence-electron chi connectivity index (χ2n) is 5.43. The average molecular weight is 336 g/mol. The van der Waals surface area contributed by atoms with Crippen LogP contribution in [0.25, 0.3) is 11.1 Å². The van der Waals surface area contributed by atoms with E-state index in [0.717, 1.165) is 22.2 Å². The Morgan fingerprint density at radius 3 is 2.67 bits per heavy atom. The number of benzene rings is 2. The first-order valence-corrected chi connectivity index (χ1v) is 8.83. The Bertz CT molecular complexity index is 824. The van der Waals surface area contributed by atoms with E-state index in [-0.39, 0.29) is 0 Å². The van der Waals surface area contributed by atoms with Crippen molar-refractivity contribution in [1.29, 1.82) is 0 Å². The third kappa shape index (κ3) is 4.06. The van der Waals surface area contributed by atoms with E-state index in [0.29, 0.717) is 5.95 Å². The molecule has 5 heteroatoms. The van der Waals surface area contributed by atoms with Crippen LogP contribution in [0.1, 0.15) is 13.8 Å². The van der Waals surface area contributed by atoms with Crippen molar-refractivity contribution in [3.8, 4) is 11.1 Å². The molecule has 0 radical (unpaired) electrons. The SMILES string of the molecule is CC=C(C)CSc1n[nH]c(Nc2ccccc2-c2ccccc2)n1. The van der Waals surface area contributed by atoms with Crippen molar-refractivity contribution < 1.29 is 0 Å². The van der Waals surface area contributed by atoms with Gasteiger partial charge in [-0.1, -0.05) is 71.9 Å². The molecular formula is C19H20N4S. The highest BCUT2D eigenvalue weighted by atomic mass is 32.2. The molecular weight excluding hydrogens is 316 g/mol. The Balaban J connectivity index is 1.77. The number of hydrogen-bond acceptors (Lipinski definition) is 4. The number of H-pyrrole nitrogens is 1. The Kier molecular flexibility index (Phi) is 5.33. The van der Waals surface area contributed by atoms with Crippen LogP contribution in [0, 0.1) is 0 Å². The summed E-state index contributed by atoms with van der Waals surface area (Å²) in [4.78, 5) is 4.50. The number of rotatable bonds is 6. The van der Waals surface area contributed by atoms with Gasteiger partial charge in [0.25, 0.3) is 0 Å². The average Bonchev–Trinajstić information content (AvgIpc) is 3.08. The van der Waals surface area contributed by atoms with E-state index in [4.69, 9.17) is 0 Å². The fourth-order valence-electron chi connectivity index (χ4n) is 2.22. The van der Waals surface area contributed by atoms with Crippen molar-refractivity contribution in [1.82, 2.24) is 15.2 Å². The molecule has 0 amide bonds. The maximum absolute atomic E-state index is 4.50. The van der Waals surface area contributed by atoms with Gasteiger partial charge in [0.05, 0.1) is 0 Å². The zero-order valence-corrected chi connectivity index (χ0v) is 14.6. The van der Waals surface area contributed by atoms with Gasteiger partial charge in [-0.15, -0.1) is 5.10 Å². The van der Waals surface area contributed by atoms with Gasteiger partial charge in [-0.2, -0.15) is 4.98 Å². The molecule has 0 unspecified atom stereocenters. The Morgan fingerprint density at radius 1 is 1.12 bits per heavy atom. The van der Waals surface area contributed by atoms with Gasteiger partial charge < -0.3 is 5.32 Å². The molecule has 2 aromatic carbocycles. The molecule has 2 N–H and O–H groups in total. The topological polar surface area (TPSA) is 53.6 Å². The minimum atomic E-state index is 0.652. The van der Waals surface area contributed by atoms with Crippen LogP contribution in [0.3, 0.4) is 0 Å². The molecule has 0 saturated heterocycles. The highest BCUT2D eigenvalue weighted by Crippen LogP contribution is 2.29. The summed E-state index contributed by atoms with van der Waals surface area (Å²) in [6.07, 6.45) is 2.11. The molecule has 24 heavy (non-hydrogen) atoms. The number of thioether (sulfide) groups is 1. The molecule has 0 bridgehead atoms. The summed E-state index contributed by atoms with van der Waals surface area (Å²) in [5.74, 6) is 1.55. The fourth-order valence-corrected chi connectivity index (χ4v) is 3.01. The maximum Gasteiger partial charge on any atom is 0.224 e. The Hall–Kier alpha value is -2.53. The van der Waals surface area contributed by atoms with Crippen LogP contribution in [0.5, 0.6) is 0 Å². The van der Waals surface area contributed by atoms with E-state index in [2.05, 4.69) is 51.7 Å². The van der Waals surface area contributed by atoms with Gasteiger partial charge in [-0.05, 0) is 25.5 Å². The highest BCUT2D eigenvalue weighted by Gasteiger charge is 2.08. The number of para-hydroxylation sites is 1. The van der Waals surface area contributed by atoms with E-state index in [1.165, 1.54) is 11.1 Å². The predicted octanol–water partition coefficient (Wildman–Crippen LogP) is 5.27. The van der Waals surface area contributed by atoms with Gasteiger partial charge in [0.15, 0.2) is 0 Å². The summed E-state index contributed by atoms with van der Waals surface area (Å²) in [6, 6.07) is 18.5. The summed E-state index contributed by atoms with van der Waals surface area (Å²) in [5, 5.41) is 11.3. The standard InChI is InChI=1S/C19H20N4S/c1-3-14(2)13-24-19-21-18(22-23-19)20-17-12-8-7-11-16(17)15-9-5-4-6-10-15/h3-12H,13H2,1-2H3,(H2,20,21,22,23). The smallest absolute Gasteiger partial charge is 0.224 e. The van der Waals surface area contributed by atoms with Crippen LogP contribution in [-0.2, 0) is 0 Å². The maximum atomic E-state index is 4.50.